The zero-order chi connectivity index (χ0) is 36.6. The van der Waals surface area contributed by atoms with Crippen LogP contribution in [0.5, 0.6) is 11.5 Å². The first-order valence-corrected chi connectivity index (χ1v) is 19.1. The zero-order valence-electron chi connectivity index (χ0n) is 27.0. The molecule has 0 amide bonds. The van der Waals surface area contributed by atoms with E-state index >= 15 is 0 Å². The lowest BCUT2D eigenvalue weighted by molar-refractivity contribution is 0.470. The van der Waals surface area contributed by atoms with Crippen molar-refractivity contribution in [2.24, 2.45) is 9.98 Å². The molecule has 2 N–H and O–H groups in total. The van der Waals surface area contributed by atoms with Crippen LogP contribution in [-0.4, -0.2) is 32.6 Å². The average molecular weight is 867 g/mol. The number of benzene rings is 4. The summed E-state index contributed by atoms with van der Waals surface area (Å²) < 4.78 is 13.1. The van der Waals surface area contributed by atoms with E-state index in [2.05, 4.69) is 51.8 Å². The van der Waals surface area contributed by atoms with Gasteiger partial charge in [-0.3, -0.25) is 0 Å². The van der Waals surface area contributed by atoms with Gasteiger partial charge in [0.1, 0.15) is 33.8 Å². The van der Waals surface area contributed by atoms with Crippen molar-refractivity contribution in [3.63, 3.8) is 0 Å². The van der Waals surface area contributed by atoms with Gasteiger partial charge >= 0.3 is 11.3 Å². The molecule has 10 nitrogen and oxygen atoms in total. The van der Waals surface area contributed by atoms with Crippen molar-refractivity contribution >= 4 is 99.2 Å². The van der Waals surface area contributed by atoms with Gasteiger partial charge in [0.2, 0.25) is 10.3 Å². The molecular formula is C39H22Br2N4O6S2. The van der Waals surface area contributed by atoms with Crippen LogP contribution < -0.4 is 11.3 Å². The van der Waals surface area contributed by atoms with Crippen LogP contribution in [0, 0.1) is 0 Å². The van der Waals surface area contributed by atoms with Crippen LogP contribution in [0.2, 0.25) is 0 Å². The Balaban J connectivity index is 1.07. The second kappa shape index (κ2) is 14.5. The summed E-state index contributed by atoms with van der Waals surface area (Å²) in [6.07, 6.45) is 3.72. The van der Waals surface area contributed by atoms with Crippen LogP contribution in [0.25, 0.3) is 44.5 Å². The number of nitrogens with zero attached hydrogens (tertiary/aromatic N) is 4. The Bertz CT molecular complexity index is 2670. The summed E-state index contributed by atoms with van der Waals surface area (Å²) in [5, 5.41) is 27.5. The van der Waals surface area contributed by atoms with Crippen molar-refractivity contribution in [2.45, 2.75) is 6.42 Å². The SMILES string of the molecule is O=c1oc2ccc(Cc3ccc4oc(=O)c(-c5csc(/N=C/c6ccc(Br)cc6)n5)c(O)c4c3)cc2c(O)c1-c1csc(/N=C/c2ccc(Br)cc2)n1. The molecule has 0 unspecified atom stereocenters. The summed E-state index contributed by atoms with van der Waals surface area (Å²) in [5.74, 6) is -0.503. The van der Waals surface area contributed by atoms with Gasteiger partial charge in [-0.15, -0.1) is 22.7 Å². The van der Waals surface area contributed by atoms with E-state index in [-0.39, 0.29) is 45.2 Å². The van der Waals surface area contributed by atoms with Gasteiger partial charge in [-0.05, 0) is 77.2 Å². The molecule has 0 fully saturated rings. The van der Waals surface area contributed by atoms with Crippen molar-refractivity contribution in [3.8, 4) is 34.0 Å². The number of halogens is 2. The van der Waals surface area contributed by atoms with Crippen LogP contribution in [0.15, 0.2) is 133 Å². The largest absolute Gasteiger partial charge is 0.506 e. The highest BCUT2D eigenvalue weighted by atomic mass is 79.9. The third-order valence-corrected chi connectivity index (χ3v) is 10.7. The van der Waals surface area contributed by atoms with E-state index in [1.807, 2.05) is 48.5 Å². The number of aliphatic imine (C=N–C) groups is 2. The number of hydrogen-bond donors (Lipinski definition) is 2. The number of rotatable bonds is 8. The summed E-state index contributed by atoms with van der Waals surface area (Å²) in [6.45, 7) is 0. The molecular weight excluding hydrogens is 844 g/mol. The molecule has 0 radical (unpaired) electrons. The maximum Gasteiger partial charge on any atom is 0.349 e. The summed E-state index contributed by atoms with van der Waals surface area (Å²) in [6, 6.07) is 25.5. The first-order chi connectivity index (χ1) is 25.7. The normalized spacial score (nSPS) is 11.8. The summed E-state index contributed by atoms with van der Waals surface area (Å²) in [4.78, 5) is 43.7. The van der Waals surface area contributed by atoms with Crippen LogP contribution >= 0.6 is 54.5 Å². The van der Waals surface area contributed by atoms with Crippen LogP contribution in [0.3, 0.4) is 0 Å². The highest BCUT2D eigenvalue weighted by Gasteiger charge is 2.21. The fourth-order valence-corrected chi connectivity index (χ4v) is 7.44. The monoisotopic (exact) mass is 864 g/mol. The van der Waals surface area contributed by atoms with E-state index in [0.717, 1.165) is 31.2 Å². The minimum absolute atomic E-state index is 0.0571. The number of thiazole rings is 2. The Morgan fingerprint density at radius 1 is 0.623 bits per heavy atom. The molecule has 0 saturated carbocycles. The fourth-order valence-electron chi connectivity index (χ4n) is 5.61. The summed E-state index contributed by atoms with van der Waals surface area (Å²) in [5.41, 5.74) is 2.72. The van der Waals surface area contributed by atoms with Crippen molar-refractivity contribution in [3.05, 3.63) is 148 Å². The minimum Gasteiger partial charge on any atom is -0.506 e. The maximum absolute atomic E-state index is 13.0. The van der Waals surface area contributed by atoms with E-state index in [9.17, 15) is 19.8 Å². The van der Waals surface area contributed by atoms with Crippen LogP contribution in [-0.2, 0) is 6.42 Å². The second-order valence-corrected chi connectivity index (χ2v) is 15.2. The van der Waals surface area contributed by atoms with Crippen molar-refractivity contribution in [1.29, 1.82) is 0 Å². The smallest absolute Gasteiger partial charge is 0.349 e. The third-order valence-electron chi connectivity index (χ3n) is 8.18. The molecule has 53 heavy (non-hydrogen) atoms. The molecule has 0 atom stereocenters. The topological polar surface area (TPSA) is 151 Å². The van der Waals surface area contributed by atoms with Crippen molar-refractivity contribution < 1.29 is 19.0 Å². The van der Waals surface area contributed by atoms with E-state index < -0.39 is 11.3 Å². The molecule has 0 aliphatic heterocycles. The molecule has 260 valence electrons. The molecule has 4 heterocycles. The van der Waals surface area contributed by atoms with E-state index in [0.29, 0.717) is 27.5 Å². The molecule has 4 aromatic carbocycles. The molecule has 8 rings (SSSR count). The zero-order valence-corrected chi connectivity index (χ0v) is 31.8. The van der Waals surface area contributed by atoms with Gasteiger partial charge in [0, 0.05) is 32.1 Å². The van der Waals surface area contributed by atoms with E-state index in [4.69, 9.17) is 8.83 Å². The van der Waals surface area contributed by atoms with Crippen molar-refractivity contribution in [1.82, 2.24) is 9.97 Å². The lowest BCUT2D eigenvalue weighted by atomic mass is 10.00. The standard InChI is InChI=1S/C39H22Br2N4O6S2/c40-24-7-1-20(2-8-24)16-42-38-44-28(18-52-38)32-34(46)26-14-22(5-11-30(26)50-36(32)48)13-23-6-12-31-27(15-23)35(47)33(37(49)51-31)29-19-53-39(45-29)43-17-21-3-9-25(41)10-4-21/h1-12,14-19,46-47H,13H2/b42-16+,43-17+. The Morgan fingerprint density at radius 2 is 1.04 bits per heavy atom. The first-order valence-electron chi connectivity index (χ1n) is 15.8. The van der Waals surface area contributed by atoms with E-state index in [1.165, 1.54) is 22.7 Å². The number of fused-ring (bicyclic) bond motifs is 2. The summed E-state index contributed by atoms with van der Waals surface area (Å²) in [7, 11) is 0. The Labute approximate surface area is 324 Å². The average Bonchev–Trinajstić information content (AvgIpc) is 3.82. The molecule has 4 aromatic heterocycles. The molecule has 0 saturated heterocycles. The predicted molar refractivity (Wildman–Crippen MR) is 216 cm³/mol. The first kappa shape index (κ1) is 34.5. The summed E-state index contributed by atoms with van der Waals surface area (Å²) >= 11 is 9.28. The Kier molecular flexibility index (Phi) is 9.43. The fraction of sp³-hybridized carbons (Fsp3) is 0.0256. The molecule has 8 aromatic rings. The van der Waals surface area contributed by atoms with Gasteiger partial charge in [-0.1, -0.05) is 68.3 Å². The van der Waals surface area contributed by atoms with Gasteiger partial charge in [-0.25, -0.2) is 29.5 Å². The van der Waals surface area contributed by atoms with Gasteiger partial charge in [0.25, 0.3) is 0 Å². The van der Waals surface area contributed by atoms with Gasteiger partial charge in [0.05, 0.1) is 22.2 Å². The molecule has 0 aliphatic rings. The Morgan fingerprint density at radius 3 is 1.45 bits per heavy atom. The van der Waals surface area contributed by atoms with Crippen LogP contribution in [0.1, 0.15) is 22.3 Å². The molecule has 0 spiro atoms. The molecule has 0 aliphatic carbocycles. The highest BCUT2D eigenvalue weighted by molar-refractivity contribution is 9.10. The highest BCUT2D eigenvalue weighted by Crippen LogP contribution is 2.38. The van der Waals surface area contributed by atoms with Crippen LogP contribution in [0.4, 0.5) is 10.3 Å². The lowest BCUT2D eigenvalue weighted by Gasteiger charge is -2.09. The lowest BCUT2D eigenvalue weighted by Crippen LogP contribution is -2.04. The molecule has 0 bridgehead atoms. The predicted octanol–water partition coefficient (Wildman–Crippen LogP) is 10.2. The number of aromatic nitrogens is 2. The third kappa shape index (κ3) is 7.26. The maximum atomic E-state index is 13.0. The Hall–Kier alpha value is -5.54. The number of aromatic hydroxyl groups is 2. The quantitative estimate of drug-likeness (QED) is 0.113. The number of hydrogen-bond acceptors (Lipinski definition) is 12. The molecule has 14 heteroatoms. The van der Waals surface area contributed by atoms with Gasteiger partial charge in [-0.2, -0.15) is 0 Å². The second-order valence-electron chi connectivity index (χ2n) is 11.7. The minimum atomic E-state index is -0.720. The van der Waals surface area contributed by atoms with E-state index in [1.54, 1.807) is 59.6 Å². The van der Waals surface area contributed by atoms with Gasteiger partial charge < -0.3 is 19.0 Å². The van der Waals surface area contributed by atoms with Gasteiger partial charge in [0.15, 0.2) is 0 Å². The van der Waals surface area contributed by atoms with Crippen molar-refractivity contribution in [2.75, 3.05) is 0 Å².